The number of unbranched alkanes of at least 4 members (excludes halogenated alkanes) is 1. The molecule has 4 atom stereocenters. The quantitative estimate of drug-likeness (QED) is 0.148. The van der Waals surface area contributed by atoms with Crippen molar-refractivity contribution in [3.63, 3.8) is 0 Å². The predicted octanol–water partition coefficient (Wildman–Crippen LogP) is 9.19. The van der Waals surface area contributed by atoms with E-state index in [0.29, 0.717) is 25.7 Å². The van der Waals surface area contributed by atoms with Gasteiger partial charge in [-0.05, 0) is 44.9 Å². The second-order valence-electron chi connectivity index (χ2n) is 12.3. The van der Waals surface area contributed by atoms with Crippen molar-refractivity contribution < 1.29 is 19.2 Å². The summed E-state index contributed by atoms with van der Waals surface area (Å²) in [5, 5.41) is 13.1. The average molecular weight is 721 g/mol. The molecule has 0 aromatic carbocycles. The molecule has 1 heterocycles. The van der Waals surface area contributed by atoms with Crippen molar-refractivity contribution in [3.8, 4) is 0 Å². The van der Waals surface area contributed by atoms with Gasteiger partial charge < -0.3 is 21.3 Å². The van der Waals surface area contributed by atoms with E-state index >= 15 is 0 Å². The molecule has 0 radical (unpaired) electrons. The number of nitrogens with one attached hydrogen (secondary N) is 4. The Morgan fingerprint density at radius 2 is 0.739 bits per heavy atom. The second-order valence-corrected chi connectivity index (χ2v) is 17.6. The van der Waals surface area contributed by atoms with Gasteiger partial charge in [0.15, 0.2) is 0 Å². The highest BCUT2D eigenvalue weighted by atomic mass is 33.1. The van der Waals surface area contributed by atoms with Crippen LogP contribution in [-0.2, 0) is 19.2 Å². The Balaban J connectivity index is 2.91. The maximum absolute atomic E-state index is 12.6. The molecule has 0 spiro atoms. The van der Waals surface area contributed by atoms with Crippen LogP contribution < -0.4 is 21.3 Å². The minimum Gasteiger partial charge on any atom is -0.344 e. The Kier molecular flexibility index (Phi) is 27.5. The summed E-state index contributed by atoms with van der Waals surface area (Å²) in [6, 6.07) is 0. The number of amides is 4. The Hall–Kier alpha value is -0.720. The summed E-state index contributed by atoms with van der Waals surface area (Å²) in [6.45, 7) is 8.04. The molecule has 0 aromatic rings. The van der Waals surface area contributed by atoms with Crippen LogP contribution in [0.3, 0.4) is 0 Å². The Morgan fingerprint density at radius 1 is 0.435 bits per heavy atom. The molecule has 268 valence electrons. The molecular formula is C34H64N4O4S4. The van der Waals surface area contributed by atoms with Crippen LogP contribution in [0.1, 0.15) is 169 Å². The summed E-state index contributed by atoms with van der Waals surface area (Å²) in [5.41, 5.74) is 0. The monoisotopic (exact) mass is 720 g/mol. The van der Waals surface area contributed by atoms with Crippen LogP contribution in [-0.4, -0.2) is 45.1 Å². The lowest BCUT2D eigenvalue weighted by molar-refractivity contribution is -0.122. The van der Waals surface area contributed by atoms with E-state index in [9.17, 15) is 19.2 Å². The molecule has 1 aliphatic rings. The normalized spacial score (nSPS) is 23.6. The predicted molar refractivity (Wildman–Crippen MR) is 202 cm³/mol. The molecule has 1 fully saturated rings. The maximum atomic E-state index is 12.6. The van der Waals surface area contributed by atoms with Crippen molar-refractivity contribution >= 4 is 66.8 Å². The van der Waals surface area contributed by atoms with Crippen molar-refractivity contribution in [1.82, 2.24) is 21.3 Å². The van der Waals surface area contributed by atoms with Crippen LogP contribution >= 0.6 is 43.2 Å². The SMILES string of the molecule is CCCCC(=O)NC1CCCCCCCC(NC(=O)CC)SSC(NC(=O)CCC)CCCCCCCC(NC(=O)CCC)SS1. The fraction of sp³-hybridized carbons (Fsp3) is 0.882. The van der Waals surface area contributed by atoms with Crippen LogP contribution in [0, 0.1) is 0 Å². The van der Waals surface area contributed by atoms with Gasteiger partial charge in [0, 0.05) is 25.7 Å². The number of rotatable bonds is 12. The molecular weight excluding hydrogens is 657 g/mol. The van der Waals surface area contributed by atoms with E-state index in [2.05, 4.69) is 28.2 Å². The molecule has 8 nitrogen and oxygen atoms in total. The lowest BCUT2D eigenvalue weighted by Gasteiger charge is -2.23. The van der Waals surface area contributed by atoms with Crippen LogP contribution in [0.4, 0.5) is 0 Å². The topological polar surface area (TPSA) is 116 Å². The molecule has 0 aliphatic carbocycles. The van der Waals surface area contributed by atoms with Gasteiger partial charge in [-0.2, -0.15) is 0 Å². The average Bonchev–Trinajstić information content (AvgIpc) is 3.02. The molecule has 46 heavy (non-hydrogen) atoms. The van der Waals surface area contributed by atoms with Gasteiger partial charge in [0.1, 0.15) is 0 Å². The van der Waals surface area contributed by atoms with E-state index < -0.39 is 0 Å². The fourth-order valence-corrected chi connectivity index (χ4v) is 10.7. The zero-order valence-corrected chi connectivity index (χ0v) is 32.4. The molecule has 4 N–H and O–H groups in total. The molecule has 4 amide bonds. The number of carbonyl (C=O) groups excluding carboxylic acids is 4. The summed E-state index contributed by atoms with van der Waals surface area (Å²) in [7, 11) is 6.82. The van der Waals surface area contributed by atoms with Gasteiger partial charge in [-0.1, -0.05) is 141 Å². The van der Waals surface area contributed by atoms with E-state index in [1.165, 1.54) is 0 Å². The Labute approximate surface area is 296 Å². The van der Waals surface area contributed by atoms with E-state index in [4.69, 9.17) is 0 Å². The van der Waals surface area contributed by atoms with Gasteiger partial charge in [0.25, 0.3) is 0 Å². The van der Waals surface area contributed by atoms with E-state index in [-0.39, 0.29) is 45.1 Å². The summed E-state index contributed by atoms with van der Waals surface area (Å²) < 4.78 is 0. The Morgan fingerprint density at radius 3 is 1.04 bits per heavy atom. The summed E-state index contributed by atoms with van der Waals surface area (Å²) in [4.78, 5) is 49.9. The van der Waals surface area contributed by atoms with Crippen LogP contribution in [0.25, 0.3) is 0 Å². The lowest BCUT2D eigenvalue weighted by Crippen LogP contribution is -2.34. The molecule has 1 aliphatic heterocycles. The first-order chi connectivity index (χ1) is 22.3. The van der Waals surface area contributed by atoms with Crippen molar-refractivity contribution in [3.05, 3.63) is 0 Å². The molecule has 4 unspecified atom stereocenters. The number of hydrogen-bond acceptors (Lipinski definition) is 8. The minimum atomic E-state index is 0.0304. The highest BCUT2D eigenvalue weighted by Gasteiger charge is 2.20. The third-order valence-electron chi connectivity index (χ3n) is 7.76. The second kappa shape index (κ2) is 29.2. The Bertz CT molecular complexity index is 839. The van der Waals surface area contributed by atoms with Crippen molar-refractivity contribution in [1.29, 1.82) is 0 Å². The smallest absolute Gasteiger partial charge is 0.220 e. The standard InChI is InChI=1S/C34H64N4O4S4/c1-5-9-22-30(42)38-34-26-19-15-10-12-16-23-31(35-27(39)8-4)43-44-32(36-28(40)20-6-2)24-17-13-11-14-18-25-33(45-46-34)37-29(41)21-7-3/h31-34H,5-26H2,1-4H3,(H,35,39)(H,36,40)(H,37,41)(H,38,42). The van der Waals surface area contributed by atoms with Gasteiger partial charge in [-0.3, -0.25) is 19.2 Å². The van der Waals surface area contributed by atoms with Crippen LogP contribution in [0.15, 0.2) is 0 Å². The van der Waals surface area contributed by atoms with Crippen molar-refractivity contribution in [2.24, 2.45) is 0 Å². The van der Waals surface area contributed by atoms with Gasteiger partial charge in [0.2, 0.25) is 23.6 Å². The highest BCUT2D eigenvalue weighted by molar-refractivity contribution is 8.77. The van der Waals surface area contributed by atoms with Crippen molar-refractivity contribution in [2.45, 2.75) is 190 Å². The van der Waals surface area contributed by atoms with Gasteiger partial charge in [-0.15, -0.1) is 0 Å². The summed E-state index contributed by atoms with van der Waals surface area (Å²) in [6.07, 6.45) is 20.1. The first-order valence-corrected chi connectivity index (χ1v) is 22.7. The third kappa shape index (κ3) is 23.6. The van der Waals surface area contributed by atoms with E-state index in [1.54, 1.807) is 43.2 Å². The van der Waals surface area contributed by atoms with Crippen LogP contribution in [0.2, 0.25) is 0 Å². The van der Waals surface area contributed by atoms with Crippen LogP contribution in [0.5, 0.6) is 0 Å². The summed E-state index contributed by atoms with van der Waals surface area (Å²) >= 11 is 0. The van der Waals surface area contributed by atoms with Gasteiger partial charge in [-0.25, -0.2) is 0 Å². The largest absolute Gasteiger partial charge is 0.344 e. The number of carbonyl (C=O) groups is 4. The highest BCUT2D eigenvalue weighted by Crippen LogP contribution is 2.36. The van der Waals surface area contributed by atoms with E-state index in [0.717, 1.165) is 116 Å². The molecule has 0 bridgehead atoms. The molecule has 1 rings (SSSR count). The van der Waals surface area contributed by atoms with E-state index in [1.807, 2.05) is 20.8 Å². The fourth-order valence-electron chi connectivity index (χ4n) is 5.05. The zero-order valence-electron chi connectivity index (χ0n) is 29.1. The molecule has 0 aromatic heterocycles. The van der Waals surface area contributed by atoms with Gasteiger partial charge in [0.05, 0.1) is 21.5 Å². The third-order valence-corrected chi connectivity index (χ3v) is 13.8. The lowest BCUT2D eigenvalue weighted by atomic mass is 10.1. The van der Waals surface area contributed by atoms with Gasteiger partial charge >= 0.3 is 0 Å². The summed E-state index contributed by atoms with van der Waals surface area (Å²) in [5.74, 6) is 0.399. The minimum absolute atomic E-state index is 0.0304. The first kappa shape index (κ1) is 43.3. The maximum Gasteiger partial charge on any atom is 0.220 e. The molecule has 0 saturated carbocycles. The first-order valence-electron chi connectivity index (χ1n) is 18.1. The zero-order chi connectivity index (χ0) is 33.8. The molecule has 1 saturated heterocycles. The number of hydrogen-bond donors (Lipinski definition) is 4. The molecule has 12 heteroatoms. The van der Waals surface area contributed by atoms with Crippen molar-refractivity contribution in [2.75, 3.05) is 0 Å².